The van der Waals surface area contributed by atoms with E-state index in [0.29, 0.717) is 23.2 Å². The molecule has 2 aromatic carbocycles. The Morgan fingerprint density at radius 2 is 1.91 bits per heavy atom. The number of terminal acetylenes is 1. The van der Waals surface area contributed by atoms with Crippen molar-refractivity contribution in [1.82, 2.24) is 8.87 Å². The number of fused-ring (bicyclic) bond motifs is 1. The van der Waals surface area contributed by atoms with Gasteiger partial charge in [0.05, 0.1) is 26.6 Å². The number of carbonyl (C=O) groups excluding carboxylic acids is 1. The van der Waals surface area contributed by atoms with Crippen molar-refractivity contribution in [2.24, 2.45) is 10.9 Å². The number of rotatable bonds is 5. The highest BCUT2D eigenvalue weighted by molar-refractivity contribution is 7.89. The van der Waals surface area contributed by atoms with E-state index < -0.39 is 20.9 Å². The molecule has 1 fully saturated rings. The van der Waals surface area contributed by atoms with Crippen molar-refractivity contribution in [2.45, 2.75) is 31.2 Å². The Morgan fingerprint density at radius 3 is 2.53 bits per heavy atom. The Balaban J connectivity index is 1.55. The lowest BCUT2D eigenvalue weighted by molar-refractivity contribution is -0.384. The van der Waals surface area contributed by atoms with Crippen molar-refractivity contribution in [3.05, 3.63) is 62.9 Å². The first-order chi connectivity index (χ1) is 16.2. The maximum Gasteiger partial charge on any atom is 0.271 e. The smallest absolute Gasteiger partial charge is 0.271 e. The van der Waals surface area contributed by atoms with Gasteiger partial charge in [-0.3, -0.25) is 14.9 Å². The van der Waals surface area contributed by atoms with Crippen LogP contribution in [0, 0.1) is 35.3 Å². The van der Waals surface area contributed by atoms with Gasteiger partial charge in [0, 0.05) is 31.1 Å². The van der Waals surface area contributed by atoms with Crippen LogP contribution in [0.2, 0.25) is 0 Å². The minimum atomic E-state index is -3.62. The van der Waals surface area contributed by atoms with Gasteiger partial charge in [-0.1, -0.05) is 35.0 Å². The lowest BCUT2D eigenvalue weighted by Crippen LogP contribution is -2.40. The summed E-state index contributed by atoms with van der Waals surface area (Å²) in [7, 11) is -3.62. The second-order valence-corrected chi connectivity index (χ2v) is 11.0. The zero-order chi connectivity index (χ0) is 24.5. The van der Waals surface area contributed by atoms with Gasteiger partial charge < -0.3 is 4.57 Å². The molecule has 2 heterocycles. The summed E-state index contributed by atoms with van der Waals surface area (Å²) in [5.74, 6) is 1.74. The molecule has 0 spiro atoms. The number of aromatic nitrogens is 1. The summed E-state index contributed by atoms with van der Waals surface area (Å²) in [4.78, 5) is 28.5. The molecule has 1 amide bonds. The lowest BCUT2D eigenvalue weighted by atomic mass is 9.98. The van der Waals surface area contributed by atoms with E-state index in [-0.39, 0.29) is 36.1 Å². The van der Waals surface area contributed by atoms with Crippen molar-refractivity contribution >= 4 is 43.2 Å². The number of hydrogen-bond donors (Lipinski definition) is 0. The fourth-order valence-electron chi connectivity index (χ4n) is 3.89. The highest BCUT2D eigenvalue weighted by Crippen LogP contribution is 2.26. The van der Waals surface area contributed by atoms with Crippen LogP contribution in [0.1, 0.15) is 18.4 Å². The van der Waals surface area contributed by atoms with Crippen LogP contribution in [-0.2, 0) is 21.4 Å². The van der Waals surface area contributed by atoms with E-state index in [1.54, 1.807) is 34.9 Å². The minimum absolute atomic E-state index is 0.0731. The van der Waals surface area contributed by atoms with Crippen molar-refractivity contribution in [3.8, 4) is 12.3 Å². The maximum atomic E-state index is 12.9. The lowest BCUT2D eigenvalue weighted by Gasteiger charge is -2.29. The molecule has 11 heteroatoms. The van der Waals surface area contributed by atoms with Gasteiger partial charge >= 0.3 is 0 Å². The molecule has 0 aliphatic carbocycles. The highest BCUT2D eigenvalue weighted by atomic mass is 32.2. The molecule has 4 rings (SSSR count). The van der Waals surface area contributed by atoms with Crippen molar-refractivity contribution in [2.75, 3.05) is 13.1 Å². The summed E-state index contributed by atoms with van der Waals surface area (Å²) >= 11 is 1.23. The van der Waals surface area contributed by atoms with Gasteiger partial charge in [0.1, 0.15) is 0 Å². The SMILES string of the molecule is C#CCn1c(=NC(=O)C2CCN(S(=O)(=O)c3ccc(C)cc3)CC2)sc2ccc([N+](=O)[O-])cc21. The minimum Gasteiger partial charge on any atom is -0.304 e. The summed E-state index contributed by atoms with van der Waals surface area (Å²) < 4.78 is 29.6. The average molecular weight is 499 g/mol. The fraction of sp³-hybridized carbons (Fsp3) is 0.304. The third kappa shape index (κ3) is 4.65. The molecule has 1 aromatic heterocycles. The zero-order valence-electron chi connectivity index (χ0n) is 18.4. The molecule has 3 aromatic rings. The molecule has 0 bridgehead atoms. The Kier molecular flexibility index (Phi) is 6.65. The molecular weight excluding hydrogens is 476 g/mol. The van der Waals surface area contributed by atoms with Gasteiger partial charge in [-0.05, 0) is 38.0 Å². The van der Waals surface area contributed by atoms with E-state index in [2.05, 4.69) is 10.9 Å². The summed E-state index contributed by atoms with van der Waals surface area (Å²) in [6.07, 6.45) is 6.19. The molecule has 0 unspecified atom stereocenters. The molecule has 1 aliphatic rings. The maximum absolute atomic E-state index is 12.9. The molecule has 0 radical (unpaired) electrons. The largest absolute Gasteiger partial charge is 0.304 e. The number of nitro groups is 1. The van der Waals surface area contributed by atoms with Gasteiger partial charge in [0.25, 0.3) is 11.6 Å². The van der Waals surface area contributed by atoms with E-state index in [1.165, 1.54) is 27.8 Å². The van der Waals surface area contributed by atoms with Gasteiger partial charge in [-0.2, -0.15) is 9.30 Å². The van der Waals surface area contributed by atoms with Crippen molar-refractivity contribution in [1.29, 1.82) is 0 Å². The normalized spacial score (nSPS) is 15.9. The number of aryl methyl sites for hydroxylation is 1. The monoisotopic (exact) mass is 498 g/mol. The van der Waals surface area contributed by atoms with Gasteiger partial charge in [-0.15, -0.1) is 6.42 Å². The van der Waals surface area contributed by atoms with Crippen LogP contribution in [0.15, 0.2) is 52.4 Å². The van der Waals surface area contributed by atoms with Crippen LogP contribution >= 0.6 is 11.3 Å². The Morgan fingerprint density at radius 1 is 1.24 bits per heavy atom. The summed E-state index contributed by atoms with van der Waals surface area (Å²) in [5.41, 5.74) is 1.45. The van der Waals surface area contributed by atoms with Crippen molar-refractivity contribution < 1.29 is 18.1 Å². The number of benzene rings is 2. The molecular formula is C23H22N4O5S2. The first-order valence-corrected chi connectivity index (χ1v) is 12.8. The van der Waals surface area contributed by atoms with E-state index in [9.17, 15) is 23.3 Å². The van der Waals surface area contributed by atoms with E-state index >= 15 is 0 Å². The molecule has 34 heavy (non-hydrogen) atoms. The van der Waals surface area contributed by atoms with Gasteiger partial charge in [0.2, 0.25) is 10.0 Å². The molecule has 0 atom stereocenters. The number of non-ortho nitro benzene ring substituents is 1. The second-order valence-electron chi connectivity index (χ2n) is 8.03. The van der Waals surface area contributed by atoms with E-state index in [1.807, 2.05) is 6.92 Å². The number of piperidine rings is 1. The molecule has 1 saturated heterocycles. The predicted octanol–water partition coefficient (Wildman–Crippen LogP) is 3.08. The van der Waals surface area contributed by atoms with E-state index in [4.69, 9.17) is 6.42 Å². The van der Waals surface area contributed by atoms with Gasteiger partial charge in [0.15, 0.2) is 4.80 Å². The molecule has 176 valence electrons. The average Bonchev–Trinajstić information content (AvgIpc) is 3.15. The quantitative estimate of drug-likeness (QED) is 0.305. The highest BCUT2D eigenvalue weighted by Gasteiger charge is 2.32. The first-order valence-electron chi connectivity index (χ1n) is 10.6. The zero-order valence-corrected chi connectivity index (χ0v) is 20.0. The van der Waals surface area contributed by atoms with Crippen LogP contribution in [0.3, 0.4) is 0 Å². The number of amides is 1. The van der Waals surface area contributed by atoms with Crippen LogP contribution in [0.5, 0.6) is 0 Å². The standard InChI is InChI=1S/C23H22N4O5S2/c1-3-12-26-20-15-18(27(29)30)6-9-21(20)33-23(26)24-22(28)17-10-13-25(14-11-17)34(31,32)19-7-4-16(2)5-8-19/h1,4-9,15,17H,10-14H2,2H3. The number of nitrogens with zero attached hydrogens (tertiary/aromatic N) is 4. The van der Waals surface area contributed by atoms with Crippen LogP contribution in [0.25, 0.3) is 10.2 Å². The topological polar surface area (TPSA) is 115 Å². The fourth-order valence-corrected chi connectivity index (χ4v) is 6.37. The number of sulfonamides is 1. The predicted molar refractivity (Wildman–Crippen MR) is 129 cm³/mol. The first kappa shape index (κ1) is 23.8. The number of thiazole rings is 1. The van der Waals surface area contributed by atoms with E-state index in [0.717, 1.165) is 10.3 Å². The number of hydrogen-bond acceptors (Lipinski definition) is 6. The Hall–Kier alpha value is -3.33. The molecule has 0 saturated carbocycles. The Labute approximate surface area is 200 Å². The summed E-state index contributed by atoms with van der Waals surface area (Å²) in [6, 6.07) is 11.1. The van der Waals surface area contributed by atoms with Crippen LogP contribution < -0.4 is 4.80 Å². The van der Waals surface area contributed by atoms with Crippen LogP contribution in [0.4, 0.5) is 5.69 Å². The summed E-state index contributed by atoms with van der Waals surface area (Å²) in [5, 5.41) is 11.1. The van der Waals surface area contributed by atoms with Gasteiger partial charge in [-0.25, -0.2) is 8.42 Å². The summed E-state index contributed by atoms with van der Waals surface area (Å²) in [6.45, 7) is 2.46. The second kappa shape index (κ2) is 9.50. The Bertz CT molecular complexity index is 1470. The third-order valence-electron chi connectivity index (χ3n) is 5.79. The third-order valence-corrected chi connectivity index (χ3v) is 8.77. The number of carbonyl (C=O) groups is 1. The molecule has 9 nitrogen and oxygen atoms in total. The van der Waals surface area contributed by atoms with Crippen molar-refractivity contribution in [3.63, 3.8) is 0 Å². The molecule has 1 aliphatic heterocycles. The molecule has 0 N–H and O–H groups in total. The number of nitro benzene ring substituents is 1. The van der Waals surface area contributed by atoms with Crippen LogP contribution in [-0.4, -0.2) is 41.2 Å².